The smallest absolute Gasteiger partial charge is 0.226 e. The van der Waals surface area contributed by atoms with Gasteiger partial charge in [0.15, 0.2) is 0 Å². The third-order valence-corrected chi connectivity index (χ3v) is 3.34. The molecule has 0 aromatic heterocycles. The maximum Gasteiger partial charge on any atom is 0.226 e. The van der Waals surface area contributed by atoms with Gasteiger partial charge in [0.2, 0.25) is 11.8 Å². The zero-order valence-corrected chi connectivity index (χ0v) is 12.8. The van der Waals surface area contributed by atoms with Gasteiger partial charge in [-0.2, -0.15) is 0 Å². The molecule has 110 valence electrons. The molecule has 0 aliphatic rings. The molecule has 0 fully saturated rings. The van der Waals surface area contributed by atoms with Crippen molar-refractivity contribution in [2.45, 2.75) is 40.5 Å². The number of carbonyl (C=O) groups is 2. The van der Waals surface area contributed by atoms with E-state index in [0.717, 1.165) is 17.7 Å². The first-order valence-electron chi connectivity index (χ1n) is 7.06. The number of carbonyl (C=O) groups excluding carboxylic acids is 2. The van der Waals surface area contributed by atoms with E-state index in [2.05, 4.69) is 5.32 Å². The third kappa shape index (κ3) is 5.03. The summed E-state index contributed by atoms with van der Waals surface area (Å²) in [6.07, 6.45) is 1.23. The zero-order valence-electron chi connectivity index (χ0n) is 12.8. The predicted octanol–water partition coefficient (Wildman–Crippen LogP) is 2.89. The molecule has 2 amide bonds. The van der Waals surface area contributed by atoms with Crippen LogP contribution in [0.4, 0.5) is 5.69 Å². The number of anilines is 1. The highest BCUT2D eigenvalue weighted by atomic mass is 16.2. The number of nitrogens with zero attached hydrogens (tertiary/aromatic N) is 1. The zero-order chi connectivity index (χ0) is 15.1. The van der Waals surface area contributed by atoms with Crippen LogP contribution in [-0.4, -0.2) is 29.8 Å². The summed E-state index contributed by atoms with van der Waals surface area (Å²) in [5, 5.41) is 2.87. The molecule has 4 heteroatoms. The van der Waals surface area contributed by atoms with Gasteiger partial charge in [0, 0.05) is 32.1 Å². The molecule has 0 saturated heterocycles. The molecule has 1 aromatic rings. The second-order valence-corrected chi connectivity index (χ2v) is 5.10. The number of hydrogen-bond acceptors (Lipinski definition) is 2. The first kappa shape index (κ1) is 16.2. The van der Waals surface area contributed by atoms with Gasteiger partial charge in [-0.1, -0.05) is 13.0 Å². The van der Waals surface area contributed by atoms with Crippen molar-refractivity contribution in [1.29, 1.82) is 0 Å². The molecule has 0 saturated carbocycles. The summed E-state index contributed by atoms with van der Waals surface area (Å²) in [7, 11) is 0. The van der Waals surface area contributed by atoms with Crippen molar-refractivity contribution in [1.82, 2.24) is 4.90 Å². The van der Waals surface area contributed by atoms with Gasteiger partial charge in [-0.25, -0.2) is 0 Å². The number of rotatable bonds is 6. The van der Waals surface area contributed by atoms with E-state index in [4.69, 9.17) is 0 Å². The van der Waals surface area contributed by atoms with Crippen molar-refractivity contribution >= 4 is 17.5 Å². The van der Waals surface area contributed by atoms with Gasteiger partial charge in [-0.15, -0.1) is 0 Å². The van der Waals surface area contributed by atoms with Crippen molar-refractivity contribution in [2.75, 3.05) is 18.4 Å². The fourth-order valence-corrected chi connectivity index (χ4v) is 1.98. The largest absolute Gasteiger partial charge is 0.342 e. The average molecular weight is 276 g/mol. The van der Waals surface area contributed by atoms with E-state index in [1.54, 1.807) is 4.90 Å². The van der Waals surface area contributed by atoms with Crippen molar-refractivity contribution in [2.24, 2.45) is 0 Å². The summed E-state index contributed by atoms with van der Waals surface area (Å²) >= 11 is 0. The second kappa shape index (κ2) is 7.68. The molecule has 0 radical (unpaired) electrons. The Morgan fingerprint density at radius 1 is 1.15 bits per heavy atom. The molecular formula is C16H24N2O2. The van der Waals surface area contributed by atoms with E-state index in [1.165, 1.54) is 12.5 Å². The Labute approximate surface area is 121 Å². The highest BCUT2D eigenvalue weighted by Crippen LogP contribution is 2.14. The quantitative estimate of drug-likeness (QED) is 0.868. The molecule has 0 unspecified atom stereocenters. The molecular weight excluding hydrogens is 252 g/mol. The highest BCUT2D eigenvalue weighted by molar-refractivity contribution is 5.91. The highest BCUT2D eigenvalue weighted by Gasteiger charge is 2.10. The Morgan fingerprint density at radius 2 is 1.85 bits per heavy atom. The minimum atomic E-state index is -0.0596. The van der Waals surface area contributed by atoms with Crippen LogP contribution >= 0.6 is 0 Å². The molecule has 0 spiro atoms. The molecule has 1 aromatic carbocycles. The Hall–Kier alpha value is -1.84. The number of amides is 2. The van der Waals surface area contributed by atoms with Crippen molar-refractivity contribution in [3.8, 4) is 0 Å². The van der Waals surface area contributed by atoms with Gasteiger partial charge >= 0.3 is 0 Å². The summed E-state index contributed by atoms with van der Waals surface area (Å²) in [5.74, 6) is -0.0403. The van der Waals surface area contributed by atoms with Crippen LogP contribution in [0.3, 0.4) is 0 Å². The SMILES string of the molecule is CCCN(CCC(=O)Nc1ccc(C)c(C)c1)C(C)=O. The first-order chi connectivity index (χ1) is 9.43. The minimum Gasteiger partial charge on any atom is -0.342 e. The van der Waals surface area contributed by atoms with E-state index >= 15 is 0 Å². The van der Waals surface area contributed by atoms with E-state index < -0.39 is 0 Å². The Morgan fingerprint density at radius 3 is 2.40 bits per heavy atom. The Bertz CT molecular complexity index is 483. The van der Waals surface area contributed by atoms with Gasteiger partial charge in [0.05, 0.1) is 0 Å². The van der Waals surface area contributed by atoms with E-state index in [0.29, 0.717) is 19.5 Å². The first-order valence-corrected chi connectivity index (χ1v) is 7.06. The lowest BCUT2D eigenvalue weighted by molar-refractivity contribution is -0.129. The average Bonchev–Trinajstić information content (AvgIpc) is 2.38. The molecule has 0 bridgehead atoms. The number of benzene rings is 1. The van der Waals surface area contributed by atoms with Crippen LogP contribution in [0.1, 0.15) is 37.8 Å². The van der Waals surface area contributed by atoms with E-state index in [9.17, 15) is 9.59 Å². The minimum absolute atomic E-state index is 0.0193. The van der Waals surface area contributed by atoms with Crippen LogP contribution in [0.5, 0.6) is 0 Å². The monoisotopic (exact) mass is 276 g/mol. The fourth-order valence-electron chi connectivity index (χ4n) is 1.98. The normalized spacial score (nSPS) is 10.2. The van der Waals surface area contributed by atoms with Crippen molar-refractivity contribution in [3.63, 3.8) is 0 Å². The molecule has 0 atom stereocenters. The molecule has 20 heavy (non-hydrogen) atoms. The molecule has 4 nitrogen and oxygen atoms in total. The van der Waals surface area contributed by atoms with Crippen LogP contribution in [-0.2, 0) is 9.59 Å². The van der Waals surface area contributed by atoms with E-state index in [-0.39, 0.29) is 11.8 Å². The van der Waals surface area contributed by atoms with Crippen molar-refractivity contribution in [3.05, 3.63) is 29.3 Å². The molecule has 0 heterocycles. The molecule has 0 aliphatic heterocycles. The van der Waals surface area contributed by atoms with Crippen molar-refractivity contribution < 1.29 is 9.59 Å². The van der Waals surface area contributed by atoms with Gasteiger partial charge < -0.3 is 10.2 Å². The number of aryl methyl sites for hydroxylation is 2. The lowest BCUT2D eigenvalue weighted by Gasteiger charge is -2.19. The summed E-state index contributed by atoms with van der Waals surface area (Å²) in [6, 6.07) is 5.85. The second-order valence-electron chi connectivity index (χ2n) is 5.10. The summed E-state index contributed by atoms with van der Waals surface area (Å²) in [4.78, 5) is 25.0. The summed E-state index contributed by atoms with van der Waals surface area (Å²) in [5.41, 5.74) is 3.16. The van der Waals surface area contributed by atoms with Gasteiger partial charge in [-0.3, -0.25) is 9.59 Å². The topological polar surface area (TPSA) is 49.4 Å². The molecule has 0 aliphatic carbocycles. The van der Waals surface area contributed by atoms with Gasteiger partial charge in [0.25, 0.3) is 0 Å². The lowest BCUT2D eigenvalue weighted by Crippen LogP contribution is -2.32. The molecule has 1 rings (SSSR count). The van der Waals surface area contributed by atoms with E-state index in [1.807, 2.05) is 39.0 Å². The standard InChI is InChI=1S/C16H24N2O2/c1-5-9-18(14(4)19)10-8-16(20)17-15-7-6-12(2)13(3)11-15/h6-7,11H,5,8-10H2,1-4H3,(H,17,20). The fraction of sp³-hybridized carbons (Fsp3) is 0.500. The van der Waals surface area contributed by atoms with Crippen LogP contribution in [0.15, 0.2) is 18.2 Å². The van der Waals surface area contributed by atoms with Crippen LogP contribution in [0.2, 0.25) is 0 Å². The summed E-state index contributed by atoms with van der Waals surface area (Å²) < 4.78 is 0. The van der Waals surface area contributed by atoms with Crippen LogP contribution in [0.25, 0.3) is 0 Å². The van der Waals surface area contributed by atoms with Crippen LogP contribution < -0.4 is 5.32 Å². The lowest BCUT2D eigenvalue weighted by atomic mass is 10.1. The maximum absolute atomic E-state index is 11.9. The Balaban J connectivity index is 2.50. The summed E-state index contributed by atoms with van der Waals surface area (Å²) in [6.45, 7) is 8.79. The molecule has 1 N–H and O–H groups in total. The Kier molecular flexibility index (Phi) is 6.22. The maximum atomic E-state index is 11.9. The predicted molar refractivity (Wildman–Crippen MR) is 81.7 cm³/mol. The third-order valence-electron chi connectivity index (χ3n) is 3.34. The van der Waals surface area contributed by atoms with Gasteiger partial charge in [-0.05, 0) is 43.5 Å². The number of nitrogens with one attached hydrogen (secondary N) is 1. The van der Waals surface area contributed by atoms with Gasteiger partial charge in [0.1, 0.15) is 0 Å². The van der Waals surface area contributed by atoms with Crippen LogP contribution in [0, 0.1) is 13.8 Å². The number of hydrogen-bond donors (Lipinski definition) is 1.